The lowest BCUT2D eigenvalue weighted by Gasteiger charge is -2.08. The van der Waals surface area contributed by atoms with Crippen LogP contribution in [0, 0.1) is 0 Å². The topological polar surface area (TPSA) is 57.8 Å². The van der Waals surface area contributed by atoms with Gasteiger partial charge in [-0.1, -0.05) is 11.8 Å². The highest BCUT2D eigenvalue weighted by Crippen LogP contribution is 2.11. The van der Waals surface area contributed by atoms with Crippen LogP contribution in [0.5, 0.6) is 0 Å². The molecule has 0 fully saturated rings. The van der Waals surface area contributed by atoms with Crippen LogP contribution in [0.15, 0.2) is 22.2 Å². The van der Waals surface area contributed by atoms with Crippen LogP contribution < -0.4 is 10.9 Å². The smallest absolute Gasteiger partial charge is 0.251 e. The number of rotatable bonds is 5. The number of nitrogens with zero attached hydrogens (tertiary/aromatic N) is 1. The van der Waals surface area contributed by atoms with Crippen molar-refractivity contribution in [3.8, 4) is 0 Å². The maximum Gasteiger partial charge on any atom is 0.251 e. The van der Waals surface area contributed by atoms with Crippen LogP contribution in [0.4, 0.5) is 0 Å². The molecule has 5 heteroatoms. The summed E-state index contributed by atoms with van der Waals surface area (Å²) >= 11 is 1.57. The second-order valence-electron chi connectivity index (χ2n) is 3.07. The van der Waals surface area contributed by atoms with Crippen LogP contribution >= 0.6 is 11.8 Å². The summed E-state index contributed by atoms with van der Waals surface area (Å²) in [5, 5.41) is 3.85. The molecule has 0 aromatic carbocycles. The molecular formula is C9H15N3OS. The van der Waals surface area contributed by atoms with Crippen LogP contribution in [-0.4, -0.2) is 28.8 Å². The van der Waals surface area contributed by atoms with Gasteiger partial charge in [0.25, 0.3) is 5.56 Å². The lowest BCUT2D eigenvalue weighted by atomic mass is 10.3. The van der Waals surface area contributed by atoms with Crippen molar-refractivity contribution in [2.75, 3.05) is 12.8 Å². The Bertz CT molecular complexity index is 326. The van der Waals surface area contributed by atoms with E-state index in [9.17, 15) is 4.79 Å². The highest BCUT2D eigenvalue weighted by molar-refractivity contribution is 7.99. The number of aromatic amines is 1. The third kappa shape index (κ3) is 3.93. The van der Waals surface area contributed by atoms with Gasteiger partial charge >= 0.3 is 0 Å². The molecule has 0 amide bonds. The Morgan fingerprint density at radius 2 is 2.50 bits per heavy atom. The van der Waals surface area contributed by atoms with Gasteiger partial charge in [-0.3, -0.25) is 4.79 Å². The lowest BCUT2D eigenvalue weighted by Crippen LogP contribution is -2.21. The van der Waals surface area contributed by atoms with E-state index >= 15 is 0 Å². The maximum atomic E-state index is 10.9. The Kier molecular flexibility index (Phi) is 4.69. The third-order valence-corrected chi connectivity index (χ3v) is 2.85. The van der Waals surface area contributed by atoms with Gasteiger partial charge in [0.15, 0.2) is 5.16 Å². The van der Waals surface area contributed by atoms with Gasteiger partial charge in [0.05, 0.1) is 0 Å². The predicted molar refractivity (Wildman–Crippen MR) is 58.7 cm³/mol. The third-order valence-electron chi connectivity index (χ3n) is 1.93. The van der Waals surface area contributed by atoms with Gasteiger partial charge in [0.1, 0.15) is 0 Å². The summed E-state index contributed by atoms with van der Waals surface area (Å²) in [6.45, 7) is 2.13. The molecule has 0 bridgehead atoms. The average Bonchev–Trinajstić information content (AvgIpc) is 2.17. The molecule has 1 aromatic rings. The van der Waals surface area contributed by atoms with Gasteiger partial charge < -0.3 is 10.3 Å². The Labute approximate surface area is 87.5 Å². The van der Waals surface area contributed by atoms with Gasteiger partial charge in [0.2, 0.25) is 0 Å². The van der Waals surface area contributed by atoms with Crippen molar-refractivity contribution in [2.24, 2.45) is 0 Å². The lowest BCUT2D eigenvalue weighted by molar-refractivity contribution is 0.597. The van der Waals surface area contributed by atoms with E-state index in [2.05, 4.69) is 22.2 Å². The second-order valence-corrected chi connectivity index (χ2v) is 4.15. The van der Waals surface area contributed by atoms with Crippen molar-refractivity contribution in [1.29, 1.82) is 0 Å². The van der Waals surface area contributed by atoms with Gasteiger partial charge in [-0.2, -0.15) is 0 Å². The quantitative estimate of drug-likeness (QED) is 0.562. The molecule has 1 rings (SSSR count). The number of thioether (sulfide) groups is 1. The van der Waals surface area contributed by atoms with E-state index in [4.69, 9.17) is 0 Å². The summed E-state index contributed by atoms with van der Waals surface area (Å²) in [6, 6.07) is 1.92. The molecule has 1 aromatic heterocycles. The Hall–Kier alpha value is -0.810. The first-order valence-corrected chi connectivity index (χ1v) is 5.56. The average molecular weight is 213 g/mol. The van der Waals surface area contributed by atoms with Crippen molar-refractivity contribution in [3.63, 3.8) is 0 Å². The highest BCUT2D eigenvalue weighted by Gasteiger charge is 2.00. The fourth-order valence-corrected chi connectivity index (χ4v) is 1.87. The number of H-pyrrole nitrogens is 1. The molecule has 0 aliphatic heterocycles. The molecule has 1 heterocycles. The first kappa shape index (κ1) is 11.3. The normalized spacial score (nSPS) is 12.7. The van der Waals surface area contributed by atoms with Gasteiger partial charge in [-0.25, -0.2) is 4.98 Å². The molecule has 2 N–H and O–H groups in total. The zero-order chi connectivity index (χ0) is 10.4. The monoisotopic (exact) mass is 213 g/mol. The molecule has 0 spiro atoms. The predicted octanol–water partition coefficient (Wildman–Crippen LogP) is 0.860. The molecule has 0 saturated heterocycles. The Morgan fingerprint density at radius 3 is 3.14 bits per heavy atom. The zero-order valence-corrected chi connectivity index (χ0v) is 9.23. The van der Waals surface area contributed by atoms with Crippen molar-refractivity contribution < 1.29 is 0 Å². The molecule has 0 radical (unpaired) electrons. The van der Waals surface area contributed by atoms with Gasteiger partial charge in [-0.15, -0.1) is 0 Å². The van der Waals surface area contributed by atoms with E-state index in [1.54, 1.807) is 11.8 Å². The Morgan fingerprint density at radius 1 is 1.71 bits per heavy atom. The zero-order valence-electron chi connectivity index (χ0n) is 8.41. The largest absolute Gasteiger partial charge is 0.317 e. The van der Waals surface area contributed by atoms with Gasteiger partial charge in [-0.05, 0) is 20.4 Å². The molecule has 1 atom stereocenters. The SMILES string of the molecule is CNC(C)CCSc1nccc(=O)[nH]1. The minimum atomic E-state index is -0.0934. The molecule has 0 aliphatic rings. The van der Waals surface area contributed by atoms with Gasteiger partial charge in [0, 0.05) is 24.1 Å². The number of hydrogen-bond acceptors (Lipinski definition) is 4. The second kappa shape index (κ2) is 5.82. The first-order chi connectivity index (χ1) is 6.72. The van der Waals surface area contributed by atoms with Crippen LogP contribution in [0.25, 0.3) is 0 Å². The van der Waals surface area contributed by atoms with E-state index < -0.39 is 0 Å². The van der Waals surface area contributed by atoms with Crippen molar-refractivity contribution in [3.05, 3.63) is 22.6 Å². The summed E-state index contributed by atoms with van der Waals surface area (Å²) in [5.41, 5.74) is -0.0934. The van der Waals surface area contributed by atoms with E-state index in [1.807, 2.05) is 7.05 Å². The standard InChI is InChI=1S/C9H15N3OS/c1-7(10-2)4-6-14-9-11-5-3-8(13)12-9/h3,5,7,10H,4,6H2,1-2H3,(H,11,12,13). The summed E-state index contributed by atoms with van der Waals surface area (Å²) < 4.78 is 0. The summed E-state index contributed by atoms with van der Waals surface area (Å²) in [6.07, 6.45) is 2.59. The summed E-state index contributed by atoms with van der Waals surface area (Å²) in [4.78, 5) is 17.6. The minimum absolute atomic E-state index is 0.0934. The van der Waals surface area contributed by atoms with Crippen molar-refractivity contribution >= 4 is 11.8 Å². The maximum absolute atomic E-state index is 10.9. The first-order valence-electron chi connectivity index (χ1n) is 4.58. The van der Waals surface area contributed by atoms with Crippen LogP contribution in [0.2, 0.25) is 0 Å². The fraction of sp³-hybridized carbons (Fsp3) is 0.556. The van der Waals surface area contributed by atoms with Crippen LogP contribution in [-0.2, 0) is 0 Å². The summed E-state index contributed by atoms with van der Waals surface area (Å²) in [5.74, 6) is 0.953. The molecule has 0 saturated carbocycles. The summed E-state index contributed by atoms with van der Waals surface area (Å²) in [7, 11) is 1.94. The number of hydrogen-bond donors (Lipinski definition) is 2. The van der Waals surface area contributed by atoms with E-state index in [0.29, 0.717) is 11.2 Å². The molecular weight excluding hydrogens is 198 g/mol. The van der Waals surface area contributed by atoms with E-state index in [-0.39, 0.29) is 5.56 Å². The molecule has 14 heavy (non-hydrogen) atoms. The molecule has 0 aliphatic carbocycles. The van der Waals surface area contributed by atoms with Crippen molar-refractivity contribution in [1.82, 2.24) is 15.3 Å². The van der Waals surface area contributed by atoms with Crippen molar-refractivity contribution in [2.45, 2.75) is 24.5 Å². The van der Waals surface area contributed by atoms with Crippen LogP contribution in [0.1, 0.15) is 13.3 Å². The molecule has 1 unspecified atom stereocenters. The minimum Gasteiger partial charge on any atom is -0.317 e. The number of nitrogens with one attached hydrogen (secondary N) is 2. The fourth-order valence-electron chi connectivity index (χ4n) is 0.902. The molecule has 78 valence electrons. The highest BCUT2D eigenvalue weighted by atomic mass is 32.2. The Balaban J connectivity index is 2.35. The van der Waals surface area contributed by atoms with E-state index in [0.717, 1.165) is 12.2 Å². The van der Waals surface area contributed by atoms with Crippen LogP contribution in [0.3, 0.4) is 0 Å². The van der Waals surface area contributed by atoms with E-state index in [1.165, 1.54) is 12.3 Å². The molecule has 4 nitrogen and oxygen atoms in total. The number of aromatic nitrogens is 2.